The molecule has 0 bridgehead atoms. The van der Waals surface area contributed by atoms with Crippen LogP contribution in [0, 0.1) is 0 Å². The molecule has 1 atom stereocenters. The molecular weight excluding hydrogens is 282 g/mol. The van der Waals surface area contributed by atoms with Gasteiger partial charge in [-0.3, -0.25) is 9.69 Å². The first-order valence-corrected chi connectivity index (χ1v) is 6.66. The van der Waals surface area contributed by atoms with Gasteiger partial charge in [0.2, 0.25) is 0 Å². The minimum Gasteiger partial charge on any atom is -0.480 e. The highest BCUT2D eigenvalue weighted by atomic mass is 79.9. The van der Waals surface area contributed by atoms with E-state index in [1.54, 1.807) is 0 Å². The van der Waals surface area contributed by atoms with E-state index in [1.807, 2.05) is 17.9 Å². The van der Waals surface area contributed by atoms with E-state index in [-0.39, 0.29) is 12.6 Å². The third-order valence-electron chi connectivity index (χ3n) is 3.37. The van der Waals surface area contributed by atoms with E-state index >= 15 is 0 Å². The van der Waals surface area contributed by atoms with Crippen molar-refractivity contribution in [2.45, 2.75) is 25.8 Å². The molecule has 4 heteroatoms. The fraction of sp³-hybridized carbons (Fsp3) is 0.462. The lowest BCUT2D eigenvalue weighted by Gasteiger charge is -2.26. The molecule has 2 rings (SSSR count). The zero-order valence-corrected chi connectivity index (χ0v) is 11.4. The molecular formula is C13H16BrNO2. The van der Waals surface area contributed by atoms with Crippen molar-refractivity contribution in [3.05, 3.63) is 33.8 Å². The van der Waals surface area contributed by atoms with Crippen LogP contribution in [0.5, 0.6) is 0 Å². The number of carboxylic acids is 1. The number of hydrogen-bond donors (Lipinski definition) is 1. The van der Waals surface area contributed by atoms with Gasteiger partial charge in [-0.1, -0.05) is 35.0 Å². The number of nitrogens with zero attached hydrogens (tertiary/aromatic N) is 1. The van der Waals surface area contributed by atoms with Crippen LogP contribution in [0.4, 0.5) is 0 Å². The molecule has 1 aliphatic carbocycles. The van der Waals surface area contributed by atoms with Gasteiger partial charge in [0.25, 0.3) is 0 Å². The summed E-state index contributed by atoms with van der Waals surface area (Å²) < 4.78 is 1.14. The third-order valence-corrected chi connectivity index (χ3v) is 4.11. The average Bonchev–Trinajstić information content (AvgIpc) is 2.71. The van der Waals surface area contributed by atoms with Gasteiger partial charge in [-0.05, 0) is 36.6 Å². The quantitative estimate of drug-likeness (QED) is 0.929. The van der Waals surface area contributed by atoms with Crippen LogP contribution in [-0.4, -0.2) is 29.1 Å². The van der Waals surface area contributed by atoms with Gasteiger partial charge >= 0.3 is 5.97 Å². The van der Waals surface area contributed by atoms with E-state index in [0.29, 0.717) is 0 Å². The number of hydrogen-bond acceptors (Lipinski definition) is 2. The average molecular weight is 298 g/mol. The van der Waals surface area contributed by atoms with Crippen LogP contribution < -0.4 is 0 Å². The van der Waals surface area contributed by atoms with Gasteiger partial charge in [-0.15, -0.1) is 0 Å². The lowest BCUT2D eigenvalue weighted by molar-refractivity contribution is -0.138. The number of rotatable bonds is 4. The molecule has 0 spiro atoms. The number of likely N-dealkylation sites (N-methyl/N-ethyl adjacent to an activating group) is 1. The maximum absolute atomic E-state index is 10.9. The highest BCUT2D eigenvalue weighted by Crippen LogP contribution is 2.38. The molecule has 3 nitrogen and oxygen atoms in total. The van der Waals surface area contributed by atoms with Crippen LogP contribution in [-0.2, 0) is 11.2 Å². The molecule has 0 aromatic heterocycles. The van der Waals surface area contributed by atoms with Crippen LogP contribution >= 0.6 is 15.9 Å². The molecule has 0 radical (unpaired) electrons. The Morgan fingerprint density at radius 3 is 3.00 bits per heavy atom. The van der Waals surface area contributed by atoms with Crippen molar-refractivity contribution in [1.29, 1.82) is 0 Å². The van der Waals surface area contributed by atoms with Crippen LogP contribution in [0.15, 0.2) is 22.7 Å². The summed E-state index contributed by atoms with van der Waals surface area (Å²) in [6.45, 7) is 2.90. The van der Waals surface area contributed by atoms with E-state index in [4.69, 9.17) is 5.11 Å². The van der Waals surface area contributed by atoms with Crippen LogP contribution in [0.2, 0.25) is 0 Å². The highest BCUT2D eigenvalue weighted by molar-refractivity contribution is 9.10. The van der Waals surface area contributed by atoms with Gasteiger partial charge in [-0.25, -0.2) is 0 Å². The summed E-state index contributed by atoms with van der Waals surface area (Å²) in [5.74, 6) is -0.754. The maximum Gasteiger partial charge on any atom is 0.317 e. The van der Waals surface area contributed by atoms with E-state index in [2.05, 4.69) is 28.1 Å². The summed E-state index contributed by atoms with van der Waals surface area (Å²) in [5, 5.41) is 8.93. The largest absolute Gasteiger partial charge is 0.480 e. The van der Waals surface area contributed by atoms with Crippen molar-refractivity contribution in [2.24, 2.45) is 0 Å². The van der Waals surface area contributed by atoms with Gasteiger partial charge < -0.3 is 5.11 Å². The molecule has 0 saturated heterocycles. The molecule has 1 aliphatic rings. The predicted octanol–water partition coefficient (Wildman–Crippen LogP) is 2.84. The molecule has 0 heterocycles. The summed E-state index contributed by atoms with van der Waals surface area (Å²) in [5.41, 5.74) is 2.61. The summed E-state index contributed by atoms with van der Waals surface area (Å²) >= 11 is 3.56. The minimum atomic E-state index is -0.754. The van der Waals surface area contributed by atoms with Gasteiger partial charge in [0.05, 0.1) is 6.54 Å². The standard InChI is InChI=1S/C13H16BrNO2/c1-2-15(8-13(16)17)12-7-6-9-10(12)4-3-5-11(9)14/h3-5,12H,2,6-8H2,1H3,(H,16,17). The number of fused-ring (bicyclic) bond motifs is 1. The highest BCUT2D eigenvalue weighted by Gasteiger charge is 2.29. The van der Waals surface area contributed by atoms with Crippen molar-refractivity contribution in [3.8, 4) is 0 Å². The van der Waals surface area contributed by atoms with Crippen molar-refractivity contribution in [3.63, 3.8) is 0 Å². The lowest BCUT2D eigenvalue weighted by Crippen LogP contribution is -2.32. The fourth-order valence-electron chi connectivity index (χ4n) is 2.58. The van der Waals surface area contributed by atoms with Crippen LogP contribution in [0.1, 0.15) is 30.5 Å². The molecule has 1 unspecified atom stereocenters. The Labute approximate surface area is 110 Å². The van der Waals surface area contributed by atoms with Crippen molar-refractivity contribution < 1.29 is 9.90 Å². The van der Waals surface area contributed by atoms with Crippen molar-refractivity contribution >= 4 is 21.9 Å². The zero-order valence-electron chi connectivity index (χ0n) is 9.82. The first kappa shape index (κ1) is 12.6. The molecule has 1 aromatic carbocycles. The Morgan fingerprint density at radius 1 is 1.59 bits per heavy atom. The summed E-state index contributed by atoms with van der Waals surface area (Å²) in [6, 6.07) is 6.44. The second-order valence-electron chi connectivity index (χ2n) is 4.32. The summed E-state index contributed by atoms with van der Waals surface area (Å²) in [7, 11) is 0. The van der Waals surface area contributed by atoms with Crippen LogP contribution in [0.3, 0.4) is 0 Å². The van der Waals surface area contributed by atoms with E-state index < -0.39 is 5.97 Å². The summed E-state index contributed by atoms with van der Waals surface area (Å²) in [6.07, 6.45) is 2.04. The monoisotopic (exact) mass is 297 g/mol. The topological polar surface area (TPSA) is 40.5 Å². The third kappa shape index (κ3) is 2.53. The number of carbonyl (C=O) groups is 1. The Morgan fingerprint density at radius 2 is 2.35 bits per heavy atom. The predicted molar refractivity (Wildman–Crippen MR) is 70.1 cm³/mol. The molecule has 1 aromatic rings. The molecule has 17 heavy (non-hydrogen) atoms. The Balaban J connectivity index is 2.26. The first-order valence-electron chi connectivity index (χ1n) is 5.86. The van der Waals surface area contributed by atoms with E-state index in [0.717, 1.165) is 23.9 Å². The lowest BCUT2D eigenvalue weighted by atomic mass is 10.1. The molecule has 0 fully saturated rings. The van der Waals surface area contributed by atoms with Gasteiger partial charge in [0, 0.05) is 10.5 Å². The number of halogens is 1. The Hall–Kier alpha value is -0.870. The van der Waals surface area contributed by atoms with Crippen molar-refractivity contribution in [2.75, 3.05) is 13.1 Å². The second-order valence-corrected chi connectivity index (χ2v) is 5.17. The number of aliphatic carboxylic acids is 1. The van der Waals surface area contributed by atoms with E-state index in [9.17, 15) is 4.79 Å². The van der Waals surface area contributed by atoms with E-state index in [1.165, 1.54) is 11.1 Å². The molecule has 92 valence electrons. The number of carboxylic acid groups (broad SMARTS) is 1. The smallest absolute Gasteiger partial charge is 0.317 e. The molecule has 0 saturated carbocycles. The Kier molecular flexibility index (Phi) is 3.84. The molecule has 0 amide bonds. The molecule has 1 N–H and O–H groups in total. The Bertz CT molecular complexity index is 433. The minimum absolute atomic E-state index is 0.118. The SMILES string of the molecule is CCN(CC(=O)O)C1CCc2c(Br)cccc21. The van der Waals surface area contributed by atoms with Gasteiger partial charge in [-0.2, -0.15) is 0 Å². The fourth-order valence-corrected chi connectivity index (χ4v) is 3.16. The normalized spacial score (nSPS) is 18.4. The van der Waals surface area contributed by atoms with Gasteiger partial charge in [0.1, 0.15) is 0 Å². The maximum atomic E-state index is 10.9. The number of benzene rings is 1. The van der Waals surface area contributed by atoms with Crippen molar-refractivity contribution in [1.82, 2.24) is 4.90 Å². The van der Waals surface area contributed by atoms with Gasteiger partial charge in [0.15, 0.2) is 0 Å². The first-order chi connectivity index (χ1) is 8.13. The zero-order chi connectivity index (χ0) is 12.4. The van der Waals surface area contributed by atoms with Crippen LogP contribution in [0.25, 0.3) is 0 Å². The molecule has 0 aliphatic heterocycles. The summed E-state index contributed by atoms with van der Waals surface area (Å²) in [4.78, 5) is 12.9. The second kappa shape index (κ2) is 5.19.